The van der Waals surface area contributed by atoms with Gasteiger partial charge in [-0.3, -0.25) is 8.98 Å². The van der Waals surface area contributed by atoms with Gasteiger partial charge in [0.15, 0.2) is 0 Å². The number of aryl methyl sites for hydroxylation is 1. The first-order chi connectivity index (χ1) is 9.88. The van der Waals surface area contributed by atoms with Crippen molar-refractivity contribution in [2.75, 3.05) is 0 Å². The minimum Gasteiger partial charge on any atom is -0.351 e. The summed E-state index contributed by atoms with van der Waals surface area (Å²) in [6.07, 6.45) is 2.76. The van der Waals surface area contributed by atoms with E-state index < -0.39 is 16.2 Å². The maximum Gasteiger partial charge on any atom is 0.297 e. The van der Waals surface area contributed by atoms with Gasteiger partial charge in [0.1, 0.15) is 0 Å². The molecule has 1 saturated carbocycles. The van der Waals surface area contributed by atoms with Gasteiger partial charge in [0.2, 0.25) is 5.91 Å². The fourth-order valence-corrected chi connectivity index (χ4v) is 3.70. The zero-order valence-corrected chi connectivity index (χ0v) is 13.2. The van der Waals surface area contributed by atoms with Crippen molar-refractivity contribution in [3.63, 3.8) is 0 Å². The molecule has 116 valence electrons. The minimum absolute atomic E-state index is 0.153. The maximum absolute atomic E-state index is 12.3. The van der Waals surface area contributed by atoms with Crippen LogP contribution in [0.15, 0.2) is 29.2 Å². The normalized spacial score (nSPS) is 22.8. The molecular formula is C15H21NO4S. The number of benzene rings is 1. The monoisotopic (exact) mass is 311 g/mol. The molecule has 1 aliphatic rings. The minimum atomic E-state index is -3.80. The summed E-state index contributed by atoms with van der Waals surface area (Å²) in [5.41, 5.74) is 0.989. The molecule has 6 heteroatoms. The zero-order valence-electron chi connectivity index (χ0n) is 12.3. The third-order valence-electron chi connectivity index (χ3n) is 3.65. The molecule has 0 radical (unpaired) electrons. The fourth-order valence-electron chi connectivity index (χ4n) is 2.56. The molecule has 0 spiro atoms. The van der Waals surface area contributed by atoms with Gasteiger partial charge in [-0.05, 0) is 31.9 Å². The van der Waals surface area contributed by atoms with Crippen molar-refractivity contribution < 1.29 is 17.4 Å². The Labute approximate surface area is 125 Å². The molecule has 1 amide bonds. The first-order valence-electron chi connectivity index (χ1n) is 7.15. The second kappa shape index (κ2) is 6.58. The Morgan fingerprint density at radius 2 is 1.81 bits per heavy atom. The molecule has 1 aromatic carbocycles. The molecule has 0 bridgehead atoms. The summed E-state index contributed by atoms with van der Waals surface area (Å²) in [6.45, 7) is 3.32. The number of rotatable bonds is 4. The SMILES string of the molecule is CC(=O)N[C@@H]1CCCC[C@H]1OS(=O)(=O)c1ccc(C)cc1. The van der Waals surface area contributed by atoms with E-state index in [9.17, 15) is 13.2 Å². The van der Waals surface area contributed by atoms with Crippen LogP contribution in [-0.2, 0) is 19.1 Å². The Hall–Kier alpha value is -1.40. The molecule has 1 N–H and O–H groups in total. The van der Waals surface area contributed by atoms with Crippen molar-refractivity contribution in [2.24, 2.45) is 0 Å². The molecule has 2 atom stereocenters. The molecule has 0 aliphatic heterocycles. The highest BCUT2D eigenvalue weighted by Crippen LogP contribution is 2.25. The van der Waals surface area contributed by atoms with Crippen LogP contribution in [0, 0.1) is 6.92 Å². The molecular weight excluding hydrogens is 290 g/mol. The van der Waals surface area contributed by atoms with Crippen LogP contribution in [-0.4, -0.2) is 26.5 Å². The first-order valence-corrected chi connectivity index (χ1v) is 8.56. The highest BCUT2D eigenvalue weighted by molar-refractivity contribution is 7.86. The largest absolute Gasteiger partial charge is 0.351 e. The van der Waals surface area contributed by atoms with E-state index >= 15 is 0 Å². The lowest BCUT2D eigenvalue weighted by atomic mass is 9.92. The maximum atomic E-state index is 12.3. The molecule has 1 aromatic rings. The third kappa shape index (κ3) is 4.28. The van der Waals surface area contributed by atoms with Gasteiger partial charge in [-0.2, -0.15) is 8.42 Å². The Balaban J connectivity index is 2.13. The second-order valence-electron chi connectivity index (χ2n) is 5.49. The average Bonchev–Trinajstić information content (AvgIpc) is 2.40. The predicted octanol–water partition coefficient (Wildman–Crippen LogP) is 2.15. The Kier molecular flexibility index (Phi) is 5.00. The van der Waals surface area contributed by atoms with Gasteiger partial charge in [-0.1, -0.05) is 30.5 Å². The van der Waals surface area contributed by atoms with E-state index in [2.05, 4.69) is 5.32 Å². The van der Waals surface area contributed by atoms with Gasteiger partial charge in [0.25, 0.3) is 10.1 Å². The highest BCUT2D eigenvalue weighted by atomic mass is 32.2. The van der Waals surface area contributed by atoms with Gasteiger partial charge in [0, 0.05) is 6.92 Å². The van der Waals surface area contributed by atoms with Crippen molar-refractivity contribution >= 4 is 16.0 Å². The summed E-state index contributed by atoms with van der Waals surface area (Å²) in [7, 11) is -3.80. The van der Waals surface area contributed by atoms with Crippen LogP contribution in [0.4, 0.5) is 0 Å². The van der Waals surface area contributed by atoms with Gasteiger partial charge >= 0.3 is 0 Å². The van der Waals surface area contributed by atoms with Gasteiger partial charge < -0.3 is 5.32 Å². The first kappa shape index (κ1) is 16.0. The van der Waals surface area contributed by atoms with Crippen molar-refractivity contribution in [3.05, 3.63) is 29.8 Å². The van der Waals surface area contributed by atoms with Crippen molar-refractivity contribution in [1.82, 2.24) is 5.32 Å². The predicted molar refractivity (Wildman–Crippen MR) is 79.3 cm³/mol. The summed E-state index contributed by atoms with van der Waals surface area (Å²) in [5, 5.41) is 2.79. The Morgan fingerprint density at radius 1 is 1.19 bits per heavy atom. The number of carbonyl (C=O) groups is 1. The van der Waals surface area contributed by atoms with E-state index in [-0.39, 0.29) is 16.8 Å². The standard InChI is InChI=1S/C15H21NO4S/c1-11-7-9-13(10-8-11)21(18,19)20-15-6-4-3-5-14(15)16-12(2)17/h7-10,14-15H,3-6H2,1-2H3,(H,16,17)/t14-,15-/m1/s1. The van der Waals surface area contributed by atoms with Crippen molar-refractivity contribution in [1.29, 1.82) is 0 Å². The van der Waals surface area contributed by atoms with E-state index in [0.717, 1.165) is 24.8 Å². The molecule has 1 aliphatic carbocycles. The van der Waals surface area contributed by atoms with E-state index in [4.69, 9.17) is 4.18 Å². The van der Waals surface area contributed by atoms with E-state index in [0.29, 0.717) is 6.42 Å². The van der Waals surface area contributed by atoms with Gasteiger partial charge in [0.05, 0.1) is 17.0 Å². The lowest BCUT2D eigenvalue weighted by molar-refractivity contribution is -0.120. The molecule has 0 unspecified atom stereocenters. The fraction of sp³-hybridized carbons (Fsp3) is 0.533. The van der Waals surface area contributed by atoms with Crippen molar-refractivity contribution in [2.45, 2.75) is 56.6 Å². The number of hydrogen-bond acceptors (Lipinski definition) is 4. The Bertz CT molecular complexity index is 595. The van der Waals surface area contributed by atoms with Gasteiger partial charge in [-0.25, -0.2) is 0 Å². The van der Waals surface area contributed by atoms with Crippen LogP contribution in [0.25, 0.3) is 0 Å². The van der Waals surface area contributed by atoms with E-state index in [1.165, 1.54) is 6.92 Å². The van der Waals surface area contributed by atoms with Crippen LogP contribution < -0.4 is 5.32 Å². The Morgan fingerprint density at radius 3 is 2.43 bits per heavy atom. The summed E-state index contributed by atoms with van der Waals surface area (Å²) in [5.74, 6) is -0.164. The molecule has 2 rings (SSSR count). The molecule has 0 heterocycles. The summed E-state index contributed by atoms with van der Waals surface area (Å²) in [4.78, 5) is 11.4. The van der Waals surface area contributed by atoms with Crippen LogP contribution in [0.2, 0.25) is 0 Å². The number of hydrogen-bond donors (Lipinski definition) is 1. The highest BCUT2D eigenvalue weighted by Gasteiger charge is 2.31. The number of nitrogens with one attached hydrogen (secondary N) is 1. The number of carbonyl (C=O) groups excluding carboxylic acids is 1. The molecule has 0 aromatic heterocycles. The lowest BCUT2D eigenvalue weighted by Crippen LogP contribution is -2.46. The summed E-state index contributed by atoms with van der Waals surface area (Å²) >= 11 is 0. The molecule has 1 fully saturated rings. The van der Waals surface area contributed by atoms with E-state index in [1.807, 2.05) is 6.92 Å². The topological polar surface area (TPSA) is 72.5 Å². The smallest absolute Gasteiger partial charge is 0.297 e. The van der Waals surface area contributed by atoms with E-state index in [1.54, 1.807) is 24.3 Å². The molecule has 5 nitrogen and oxygen atoms in total. The molecule has 0 saturated heterocycles. The van der Waals surface area contributed by atoms with Crippen LogP contribution in [0.1, 0.15) is 38.2 Å². The third-order valence-corrected chi connectivity index (χ3v) is 5.00. The van der Waals surface area contributed by atoms with Crippen LogP contribution in [0.5, 0.6) is 0 Å². The zero-order chi connectivity index (χ0) is 15.5. The summed E-state index contributed by atoms with van der Waals surface area (Å²) < 4.78 is 30.0. The molecule has 21 heavy (non-hydrogen) atoms. The second-order valence-corrected chi connectivity index (χ2v) is 7.07. The quantitative estimate of drug-likeness (QED) is 0.865. The average molecular weight is 311 g/mol. The van der Waals surface area contributed by atoms with Gasteiger partial charge in [-0.15, -0.1) is 0 Å². The summed E-state index contributed by atoms with van der Waals surface area (Å²) in [6, 6.07) is 6.32. The number of amides is 1. The van der Waals surface area contributed by atoms with Crippen molar-refractivity contribution in [3.8, 4) is 0 Å². The van der Waals surface area contributed by atoms with Crippen LogP contribution in [0.3, 0.4) is 0 Å². The van der Waals surface area contributed by atoms with Crippen LogP contribution >= 0.6 is 0 Å². The lowest BCUT2D eigenvalue weighted by Gasteiger charge is -2.31.